The van der Waals surface area contributed by atoms with Gasteiger partial charge in [-0.25, -0.2) is 37.3 Å². The molecule has 0 spiro atoms. The molecule has 0 bridgehead atoms. The van der Waals surface area contributed by atoms with E-state index >= 15 is 0 Å². The van der Waals surface area contributed by atoms with Crippen LogP contribution in [0.15, 0.2) is 30.4 Å². The van der Waals surface area contributed by atoms with Gasteiger partial charge in [0.15, 0.2) is 0 Å². The van der Waals surface area contributed by atoms with E-state index in [-0.39, 0.29) is 17.1 Å². The SMILES string of the molecule is [CH-]=C/C=C\C=C/[CH2-].[Cu+2]. The molecule has 0 aromatic heterocycles. The second kappa shape index (κ2) is 9.79. The number of rotatable bonds is 2. The van der Waals surface area contributed by atoms with Crippen molar-refractivity contribution in [1.29, 1.82) is 0 Å². The molecule has 0 aliphatic heterocycles. The van der Waals surface area contributed by atoms with Crippen LogP contribution < -0.4 is 0 Å². The van der Waals surface area contributed by atoms with Crippen molar-refractivity contribution in [2.24, 2.45) is 0 Å². The van der Waals surface area contributed by atoms with Gasteiger partial charge < -0.3 is 0 Å². The summed E-state index contributed by atoms with van der Waals surface area (Å²) in [4.78, 5) is 0. The smallest absolute Gasteiger partial charge is 0.293 e. The third-order valence-corrected chi connectivity index (χ3v) is 0.469. The minimum Gasteiger partial charge on any atom is -0.293 e. The van der Waals surface area contributed by atoms with Crippen LogP contribution >= 0.6 is 0 Å². The van der Waals surface area contributed by atoms with Gasteiger partial charge in [0.25, 0.3) is 0 Å². The Labute approximate surface area is 61.5 Å². The molecule has 0 amide bonds. The fraction of sp³-hybridized carbons (Fsp3) is 0. The Morgan fingerprint density at radius 2 is 1.75 bits per heavy atom. The summed E-state index contributed by atoms with van der Waals surface area (Å²) >= 11 is 0. The molecule has 0 rings (SSSR count). The van der Waals surface area contributed by atoms with Crippen molar-refractivity contribution in [3.05, 3.63) is 43.9 Å². The summed E-state index contributed by atoms with van der Waals surface area (Å²) in [5.74, 6) is 0. The molecule has 0 fully saturated rings. The zero-order chi connectivity index (χ0) is 5.54. The van der Waals surface area contributed by atoms with Crippen LogP contribution in [0.2, 0.25) is 0 Å². The maximum atomic E-state index is 5.00. The van der Waals surface area contributed by atoms with Gasteiger partial charge in [-0.2, -0.15) is 0 Å². The zero-order valence-corrected chi connectivity index (χ0v) is 5.41. The largest absolute Gasteiger partial charge is 2.00 e. The fourth-order valence-electron chi connectivity index (χ4n) is 0.207. The third kappa shape index (κ3) is 9.15. The van der Waals surface area contributed by atoms with Crippen molar-refractivity contribution >= 4 is 0 Å². The van der Waals surface area contributed by atoms with Gasteiger partial charge in [0, 0.05) is 0 Å². The molecule has 0 aromatic carbocycles. The van der Waals surface area contributed by atoms with Crippen LogP contribution in [0.1, 0.15) is 0 Å². The maximum absolute atomic E-state index is 5.00. The first-order chi connectivity index (χ1) is 3.41. The predicted octanol–water partition coefficient (Wildman–Crippen LogP) is 1.92. The summed E-state index contributed by atoms with van der Waals surface area (Å²) in [5, 5.41) is 0. The fourth-order valence-corrected chi connectivity index (χ4v) is 0.207. The topological polar surface area (TPSA) is 0 Å². The van der Waals surface area contributed by atoms with E-state index in [1.54, 1.807) is 12.2 Å². The van der Waals surface area contributed by atoms with E-state index in [0.717, 1.165) is 0 Å². The Morgan fingerprint density at radius 1 is 1.12 bits per heavy atom. The molecule has 1 radical (unpaired) electrons. The Kier molecular flexibility index (Phi) is 12.9. The summed E-state index contributed by atoms with van der Waals surface area (Å²) in [7, 11) is 0. The minimum atomic E-state index is 0. The van der Waals surface area contributed by atoms with E-state index in [1.807, 2.05) is 12.2 Å². The zero-order valence-electron chi connectivity index (χ0n) is 4.47. The Bertz CT molecular complexity index is 90.6. The molecular weight excluding hydrogens is 148 g/mol. The second-order valence-electron chi connectivity index (χ2n) is 1.01. The molecule has 0 saturated heterocycles. The third-order valence-electron chi connectivity index (χ3n) is 0.469. The predicted molar refractivity (Wildman–Crippen MR) is 32.5 cm³/mol. The summed E-state index contributed by atoms with van der Waals surface area (Å²) in [6, 6.07) is 0. The summed E-state index contributed by atoms with van der Waals surface area (Å²) in [6.45, 7) is 8.47. The van der Waals surface area contributed by atoms with Gasteiger partial charge >= 0.3 is 17.1 Å². The van der Waals surface area contributed by atoms with Crippen LogP contribution in [0, 0.1) is 13.5 Å². The van der Waals surface area contributed by atoms with Crippen molar-refractivity contribution in [2.75, 3.05) is 0 Å². The molecule has 0 unspecified atom stereocenters. The van der Waals surface area contributed by atoms with Gasteiger partial charge in [-0.15, -0.1) is 0 Å². The van der Waals surface area contributed by atoms with Crippen LogP contribution in [-0.2, 0) is 17.1 Å². The van der Waals surface area contributed by atoms with E-state index in [4.69, 9.17) is 6.58 Å². The molecule has 0 aliphatic rings. The Morgan fingerprint density at radius 3 is 2.12 bits per heavy atom. The van der Waals surface area contributed by atoms with Gasteiger partial charge in [-0.05, 0) is 0 Å². The first-order valence-corrected chi connectivity index (χ1v) is 2.07. The molecule has 0 atom stereocenters. The summed E-state index contributed by atoms with van der Waals surface area (Å²) in [5.41, 5.74) is 0. The maximum Gasteiger partial charge on any atom is 2.00 e. The molecule has 0 heterocycles. The molecule has 0 aromatic rings. The monoisotopic (exact) mass is 155 g/mol. The molecule has 0 aliphatic carbocycles. The van der Waals surface area contributed by atoms with Crippen molar-refractivity contribution in [1.82, 2.24) is 0 Å². The summed E-state index contributed by atoms with van der Waals surface area (Å²) in [6.07, 6.45) is 8.53. The van der Waals surface area contributed by atoms with Gasteiger partial charge in [-0.3, -0.25) is 6.58 Å². The van der Waals surface area contributed by atoms with Gasteiger partial charge in [-0.1, -0.05) is 0 Å². The van der Waals surface area contributed by atoms with E-state index < -0.39 is 0 Å². The van der Waals surface area contributed by atoms with Crippen molar-refractivity contribution in [3.8, 4) is 0 Å². The molecule has 47 valence electrons. The Balaban J connectivity index is 0. The van der Waals surface area contributed by atoms with Crippen LogP contribution in [-0.4, -0.2) is 0 Å². The standard InChI is InChI=1S/C7H8.Cu/c1-3-5-7-6-4-2;/h1,3-7H,2H2;/q-2;+2/b6-4-,7-5-;. The van der Waals surface area contributed by atoms with Gasteiger partial charge in [0.05, 0.1) is 0 Å². The second-order valence-corrected chi connectivity index (χ2v) is 1.01. The molecule has 0 nitrogen and oxygen atoms in total. The molecule has 1 heteroatoms. The van der Waals surface area contributed by atoms with E-state index in [0.29, 0.717) is 0 Å². The van der Waals surface area contributed by atoms with E-state index in [9.17, 15) is 0 Å². The minimum absolute atomic E-state index is 0. The van der Waals surface area contributed by atoms with E-state index in [1.165, 1.54) is 6.08 Å². The van der Waals surface area contributed by atoms with Crippen LogP contribution in [0.4, 0.5) is 0 Å². The first kappa shape index (κ1) is 10.6. The van der Waals surface area contributed by atoms with Gasteiger partial charge in [0.2, 0.25) is 0 Å². The normalized spacial score (nSPS) is 9.50. The molecule has 0 saturated carbocycles. The van der Waals surface area contributed by atoms with Crippen molar-refractivity contribution in [2.45, 2.75) is 0 Å². The van der Waals surface area contributed by atoms with Gasteiger partial charge in [0.1, 0.15) is 0 Å². The Hall–Kier alpha value is -0.391. The van der Waals surface area contributed by atoms with Crippen LogP contribution in [0.3, 0.4) is 0 Å². The van der Waals surface area contributed by atoms with Crippen molar-refractivity contribution in [3.63, 3.8) is 0 Å². The first-order valence-electron chi connectivity index (χ1n) is 2.07. The summed E-state index contributed by atoms with van der Waals surface area (Å²) < 4.78 is 0. The quantitative estimate of drug-likeness (QED) is 0.325. The van der Waals surface area contributed by atoms with Crippen molar-refractivity contribution < 1.29 is 17.1 Å². The van der Waals surface area contributed by atoms with E-state index in [2.05, 4.69) is 6.92 Å². The molecule has 0 N–H and O–H groups in total. The van der Waals surface area contributed by atoms with Crippen LogP contribution in [0.5, 0.6) is 0 Å². The average molecular weight is 156 g/mol. The molecular formula is C7H8Cu. The molecule has 8 heavy (non-hydrogen) atoms. The average Bonchev–Trinajstić information content (AvgIpc) is 1.69. The van der Waals surface area contributed by atoms with Crippen LogP contribution in [0.25, 0.3) is 0 Å². The number of hydrogen-bond donors (Lipinski definition) is 0. The number of hydrogen-bond acceptors (Lipinski definition) is 0. The number of allylic oxidation sites excluding steroid dienone is 5.